The van der Waals surface area contributed by atoms with E-state index in [9.17, 15) is 9.59 Å². The summed E-state index contributed by atoms with van der Waals surface area (Å²) in [6.07, 6.45) is 3.48. The van der Waals surface area contributed by atoms with Crippen molar-refractivity contribution in [2.45, 2.75) is 72.8 Å². The van der Waals surface area contributed by atoms with Gasteiger partial charge in [0.25, 0.3) is 0 Å². The Morgan fingerprint density at radius 3 is 2.39 bits per heavy atom. The predicted molar refractivity (Wildman–Crippen MR) is 91.9 cm³/mol. The average molecular weight is 320 g/mol. The van der Waals surface area contributed by atoms with Gasteiger partial charge in [0, 0.05) is 17.8 Å². The quantitative estimate of drug-likeness (QED) is 0.553. The number of carbonyl (C=O) groups excluding carboxylic acids is 2. The molecule has 0 aromatic rings. The highest BCUT2D eigenvalue weighted by Crippen LogP contribution is 2.51. The van der Waals surface area contributed by atoms with E-state index in [1.165, 1.54) is 0 Å². The van der Waals surface area contributed by atoms with Crippen LogP contribution in [0.15, 0.2) is 12.2 Å². The van der Waals surface area contributed by atoms with E-state index < -0.39 is 11.0 Å². The largest absolute Gasteiger partial charge is 0.459 e. The van der Waals surface area contributed by atoms with Crippen molar-refractivity contribution in [3.63, 3.8) is 0 Å². The maximum Gasteiger partial charge on any atom is 0.311 e. The standard InChI is InChI=1S/C20H32O3/c1-12(2)14-10-11-20(7,23-18(22)19(4,5)6)15-9-8-13(3)16(15)17(14)21/h13-16H,1,8-11H2,2-7H3/t13-,14+,15-,16+,20-/m1/s1. The van der Waals surface area contributed by atoms with Crippen molar-refractivity contribution in [1.82, 2.24) is 0 Å². The second-order valence-corrected chi connectivity index (χ2v) is 8.98. The van der Waals surface area contributed by atoms with E-state index in [-0.39, 0.29) is 23.7 Å². The Balaban J connectivity index is 2.35. The first kappa shape index (κ1) is 18.2. The molecular weight excluding hydrogens is 288 g/mol. The molecule has 0 saturated heterocycles. The molecule has 0 amide bonds. The van der Waals surface area contributed by atoms with E-state index in [1.54, 1.807) is 0 Å². The molecule has 0 N–H and O–H groups in total. The first-order valence-electron chi connectivity index (χ1n) is 8.90. The fraction of sp³-hybridized carbons (Fsp3) is 0.800. The highest BCUT2D eigenvalue weighted by atomic mass is 16.6. The number of esters is 1. The van der Waals surface area contributed by atoms with E-state index in [2.05, 4.69) is 13.5 Å². The van der Waals surface area contributed by atoms with Gasteiger partial charge in [-0.2, -0.15) is 0 Å². The molecule has 0 aromatic heterocycles. The third-order valence-corrected chi connectivity index (χ3v) is 5.90. The van der Waals surface area contributed by atoms with Crippen molar-refractivity contribution in [3.05, 3.63) is 12.2 Å². The number of Topliss-reactive ketones (excluding diaryl/α,β-unsaturated/α-hetero) is 1. The van der Waals surface area contributed by atoms with Crippen molar-refractivity contribution in [1.29, 1.82) is 0 Å². The first-order valence-corrected chi connectivity index (χ1v) is 8.90. The highest BCUT2D eigenvalue weighted by Gasteiger charge is 2.54. The molecule has 0 radical (unpaired) electrons. The lowest BCUT2D eigenvalue weighted by Gasteiger charge is -2.38. The summed E-state index contributed by atoms with van der Waals surface area (Å²) in [5.74, 6) is 0.568. The summed E-state index contributed by atoms with van der Waals surface area (Å²) < 4.78 is 6.04. The fourth-order valence-electron chi connectivity index (χ4n) is 4.33. The third-order valence-electron chi connectivity index (χ3n) is 5.90. The van der Waals surface area contributed by atoms with Gasteiger partial charge < -0.3 is 4.74 Å². The van der Waals surface area contributed by atoms with Gasteiger partial charge in [-0.1, -0.05) is 19.1 Å². The molecule has 0 unspecified atom stereocenters. The van der Waals surface area contributed by atoms with Gasteiger partial charge in [0.15, 0.2) is 0 Å². The maximum absolute atomic E-state index is 13.0. The molecular formula is C20H32O3. The SMILES string of the molecule is C=C(C)[C@@H]1CC[C@@](C)(OC(=O)C(C)(C)C)[C@@H]2CC[C@@H](C)[C@@H]2C1=O. The van der Waals surface area contributed by atoms with E-state index in [0.29, 0.717) is 11.7 Å². The van der Waals surface area contributed by atoms with Crippen molar-refractivity contribution in [3.8, 4) is 0 Å². The van der Waals surface area contributed by atoms with Crippen LogP contribution in [0.25, 0.3) is 0 Å². The summed E-state index contributed by atoms with van der Waals surface area (Å²) in [4.78, 5) is 25.5. The lowest BCUT2D eigenvalue weighted by Crippen LogP contribution is -2.44. The summed E-state index contributed by atoms with van der Waals surface area (Å²) in [5, 5.41) is 0. The zero-order valence-electron chi connectivity index (χ0n) is 15.6. The lowest BCUT2D eigenvalue weighted by atomic mass is 9.76. The smallest absolute Gasteiger partial charge is 0.311 e. The van der Waals surface area contributed by atoms with Crippen LogP contribution in [0.3, 0.4) is 0 Å². The Morgan fingerprint density at radius 2 is 1.87 bits per heavy atom. The van der Waals surface area contributed by atoms with Gasteiger partial charge in [0.2, 0.25) is 0 Å². The monoisotopic (exact) mass is 320 g/mol. The molecule has 0 spiro atoms. The third kappa shape index (κ3) is 3.39. The normalized spacial score (nSPS) is 37.9. The van der Waals surface area contributed by atoms with Crippen molar-refractivity contribution >= 4 is 11.8 Å². The zero-order chi connectivity index (χ0) is 17.6. The van der Waals surface area contributed by atoms with Gasteiger partial charge in [-0.3, -0.25) is 9.59 Å². The van der Waals surface area contributed by atoms with E-state index in [4.69, 9.17) is 4.74 Å². The van der Waals surface area contributed by atoms with Gasteiger partial charge in [-0.05, 0) is 66.2 Å². The van der Waals surface area contributed by atoms with Crippen LogP contribution in [0.2, 0.25) is 0 Å². The minimum absolute atomic E-state index is 0.00281. The van der Waals surface area contributed by atoms with Gasteiger partial charge in [0.05, 0.1) is 5.41 Å². The van der Waals surface area contributed by atoms with E-state index in [0.717, 1.165) is 31.3 Å². The van der Waals surface area contributed by atoms with Gasteiger partial charge in [-0.25, -0.2) is 0 Å². The molecule has 0 heterocycles. The van der Waals surface area contributed by atoms with Crippen molar-refractivity contribution in [2.24, 2.45) is 29.1 Å². The summed E-state index contributed by atoms with van der Waals surface area (Å²) in [7, 11) is 0. The van der Waals surface area contributed by atoms with Crippen LogP contribution >= 0.6 is 0 Å². The van der Waals surface area contributed by atoms with Crippen LogP contribution in [-0.2, 0) is 14.3 Å². The molecule has 5 atom stereocenters. The summed E-state index contributed by atoms with van der Waals surface area (Å²) in [6, 6.07) is 0. The van der Waals surface area contributed by atoms with Crippen LogP contribution in [-0.4, -0.2) is 17.4 Å². The molecule has 0 aliphatic heterocycles. The lowest BCUT2D eigenvalue weighted by molar-refractivity contribution is -0.176. The second-order valence-electron chi connectivity index (χ2n) is 8.98. The number of ether oxygens (including phenoxy) is 1. The fourth-order valence-corrected chi connectivity index (χ4v) is 4.33. The van der Waals surface area contributed by atoms with Gasteiger partial charge >= 0.3 is 5.97 Å². The molecule has 23 heavy (non-hydrogen) atoms. The molecule has 2 saturated carbocycles. The minimum Gasteiger partial charge on any atom is -0.459 e. The van der Waals surface area contributed by atoms with Crippen LogP contribution in [0.5, 0.6) is 0 Å². The summed E-state index contributed by atoms with van der Waals surface area (Å²) >= 11 is 0. The Morgan fingerprint density at radius 1 is 1.26 bits per heavy atom. The van der Waals surface area contributed by atoms with E-state index in [1.807, 2.05) is 34.6 Å². The van der Waals surface area contributed by atoms with Crippen LogP contribution in [0, 0.1) is 29.1 Å². The Labute approximate surface area is 140 Å². The Bertz CT molecular complexity index is 513. The van der Waals surface area contributed by atoms with Crippen molar-refractivity contribution < 1.29 is 14.3 Å². The summed E-state index contributed by atoms with van der Waals surface area (Å²) in [6.45, 7) is 15.8. The number of allylic oxidation sites excluding steroid dienone is 1. The topological polar surface area (TPSA) is 43.4 Å². The molecule has 0 aromatic carbocycles. The number of ketones is 1. The predicted octanol–water partition coefficient (Wildman–Crippen LogP) is 4.55. The first-order chi connectivity index (χ1) is 10.5. The molecule has 130 valence electrons. The van der Waals surface area contributed by atoms with Crippen LogP contribution < -0.4 is 0 Å². The number of rotatable bonds is 2. The Hall–Kier alpha value is -1.12. The minimum atomic E-state index is -0.542. The van der Waals surface area contributed by atoms with Gasteiger partial charge in [0.1, 0.15) is 11.4 Å². The highest BCUT2D eigenvalue weighted by molar-refractivity contribution is 5.87. The van der Waals surface area contributed by atoms with E-state index >= 15 is 0 Å². The zero-order valence-corrected chi connectivity index (χ0v) is 15.6. The number of hydrogen-bond acceptors (Lipinski definition) is 3. The average Bonchev–Trinajstić information content (AvgIpc) is 2.74. The molecule has 2 fully saturated rings. The molecule has 0 bridgehead atoms. The van der Waals surface area contributed by atoms with Crippen molar-refractivity contribution in [2.75, 3.05) is 0 Å². The Kier molecular flexibility index (Phi) is 4.81. The molecule has 2 aliphatic carbocycles. The number of fused-ring (bicyclic) bond motifs is 1. The number of hydrogen-bond donors (Lipinski definition) is 0. The molecule has 3 nitrogen and oxygen atoms in total. The molecule has 2 aliphatic rings. The number of carbonyl (C=O) groups is 2. The molecule has 3 heteroatoms. The van der Waals surface area contributed by atoms with Crippen LogP contribution in [0.4, 0.5) is 0 Å². The maximum atomic E-state index is 13.0. The summed E-state index contributed by atoms with van der Waals surface area (Å²) in [5.41, 5.74) is -0.119. The molecule has 2 rings (SSSR count). The second kappa shape index (κ2) is 6.07. The van der Waals surface area contributed by atoms with Gasteiger partial charge in [-0.15, -0.1) is 0 Å². The van der Waals surface area contributed by atoms with Crippen LogP contribution in [0.1, 0.15) is 67.2 Å².